The number of hydrogen-bond acceptors (Lipinski definition) is 4. The summed E-state index contributed by atoms with van der Waals surface area (Å²) in [5.74, 6) is 1.98. The van der Waals surface area contributed by atoms with E-state index in [1.807, 2.05) is 12.1 Å². The Morgan fingerprint density at radius 2 is 1.93 bits per heavy atom. The fourth-order valence-electron chi connectivity index (χ4n) is 3.37. The van der Waals surface area contributed by atoms with Crippen LogP contribution < -0.4 is 14.9 Å². The highest BCUT2D eigenvalue weighted by Crippen LogP contribution is 2.31. The Bertz CT molecular complexity index is 994. The van der Waals surface area contributed by atoms with Gasteiger partial charge in [0, 0.05) is 30.4 Å². The van der Waals surface area contributed by atoms with Crippen molar-refractivity contribution < 1.29 is 13.2 Å². The molecule has 146 valence electrons. The summed E-state index contributed by atoms with van der Waals surface area (Å²) in [5, 5.41) is 2.90. The Balaban J connectivity index is 1.57. The number of nitrogens with zero attached hydrogens (tertiary/aromatic N) is 1. The van der Waals surface area contributed by atoms with E-state index in [1.54, 1.807) is 0 Å². The number of amides is 1. The van der Waals surface area contributed by atoms with E-state index in [1.165, 1.54) is 35.5 Å². The summed E-state index contributed by atoms with van der Waals surface area (Å²) < 4.78 is 26.3. The summed E-state index contributed by atoms with van der Waals surface area (Å²) in [6.45, 7) is 3.31. The largest absolute Gasteiger partial charge is 0.367 e. The average molecular weight is 398 g/mol. The first-order valence-corrected chi connectivity index (χ1v) is 10.6. The van der Waals surface area contributed by atoms with Gasteiger partial charge in [-0.15, -0.1) is 6.42 Å². The van der Waals surface area contributed by atoms with Gasteiger partial charge in [0.25, 0.3) is 5.91 Å². The number of para-hydroxylation sites is 1. The first-order valence-electron chi connectivity index (χ1n) is 9.08. The van der Waals surface area contributed by atoms with Gasteiger partial charge in [0.1, 0.15) is 0 Å². The topological polar surface area (TPSA) is 78.5 Å². The van der Waals surface area contributed by atoms with Crippen molar-refractivity contribution >= 4 is 21.6 Å². The summed E-state index contributed by atoms with van der Waals surface area (Å²) in [6.07, 6.45) is 6.08. The van der Waals surface area contributed by atoms with E-state index in [2.05, 4.69) is 39.9 Å². The number of nitrogens with one attached hydrogen (secondary N) is 2. The number of carbonyl (C=O) groups excluding carboxylic acids is 1. The van der Waals surface area contributed by atoms with Crippen LogP contribution in [0.2, 0.25) is 0 Å². The van der Waals surface area contributed by atoms with Crippen molar-refractivity contribution in [1.82, 2.24) is 10.0 Å². The predicted octanol–water partition coefficient (Wildman–Crippen LogP) is 1.78. The Morgan fingerprint density at radius 1 is 1.21 bits per heavy atom. The molecule has 1 amide bonds. The third-order valence-corrected chi connectivity index (χ3v) is 6.19. The molecular weight excluding hydrogens is 374 g/mol. The van der Waals surface area contributed by atoms with Gasteiger partial charge in [-0.2, -0.15) is 4.72 Å². The number of carbonyl (C=O) groups is 1. The molecular formula is C21H23N3O3S. The molecule has 0 bridgehead atoms. The number of terminal acetylenes is 1. The fraction of sp³-hybridized carbons (Fsp3) is 0.286. The fourth-order valence-corrected chi connectivity index (χ4v) is 4.30. The number of sulfonamides is 1. The lowest BCUT2D eigenvalue weighted by atomic mass is 10.1. The molecule has 0 aromatic heterocycles. The maximum atomic E-state index is 12.4. The third kappa shape index (κ3) is 4.35. The van der Waals surface area contributed by atoms with Gasteiger partial charge in [-0.05, 0) is 49.2 Å². The molecule has 0 spiro atoms. The van der Waals surface area contributed by atoms with Gasteiger partial charge in [0.15, 0.2) is 0 Å². The van der Waals surface area contributed by atoms with Crippen LogP contribution in [0.5, 0.6) is 0 Å². The molecule has 7 heteroatoms. The van der Waals surface area contributed by atoms with Crippen LogP contribution in [0.4, 0.5) is 5.69 Å². The molecule has 0 saturated carbocycles. The van der Waals surface area contributed by atoms with E-state index in [0.717, 1.165) is 6.42 Å². The van der Waals surface area contributed by atoms with E-state index in [-0.39, 0.29) is 17.3 Å². The Labute approximate surface area is 166 Å². The van der Waals surface area contributed by atoms with Gasteiger partial charge >= 0.3 is 0 Å². The lowest BCUT2D eigenvalue weighted by Gasteiger charge is -2.25. The lowest BCUT2D eigenvalue weighted by molar-refractivity contribution is 0.0954. The minimum absolute atomic E-state index is 0.0711. The standard InChI is InChI=1S/C21H23N3O3S/c1-3-12-23-28(26,27)19-10-8-17(9-11-19)21(25)22-13-14-24-16(2)15-18-6-4-5-7-20(18)24/h1,4-11,16,23H,12-15H2,2H3,(H,22,25). The van der Waals surface area contributed by atoms with Gasteiger partial charge in [-0.25, -0.2) is 8.42 Å². The highest BCUT2D eigenvalue weighted by Gasteiger charge is 2.25. The van der Waals surface area contributed by atoms with Crippen molar-refractivity contribution in [2.24, 2.45) is 0 Å². The molecule has 1 heterocycles. The Hall–Kier alpha value is -2.82. The van der Waals surface area contributed by atoms with E-state index in [4.69, 9.17) is 6.42 Å². The second-order valence-electron chi connectivity index (χ2n) is 6.68. The molecule has 2 N–H and O–H groups in total. The maximum absolute atomic E-state index is 12.4. The zero-order chi connectivity index (χ0) is 20.1. The van der Waals surface area contributed by atoms with Crippen LogP contribution in [0.1, 0.15) is 22.8 Å². The van der Waals surface area contributed by atoms with Gasteiger partial charge in [-0.1, -0.05) is 24.1 Å². The summed E-state index contributed by atoms with van der Waals surface area (Å²) in [6, 6.07) is 14.5. The Kier molecular flexibility index (Phi) is 6.02. The van der Waals surface area contributed by atoms with Crippen LogP contribution in [0.25, 0.3) is 0 Å². The second kappa shape index (κ2) is 8.46. The van der Waals surface area contributed by atoms with Crippen molar-refractivity contribution in [3.63, 3.8) is 0 Å². The van der Waals surface area contributed by atoms with Gasteiger partial charge in [-0.3, -0.25) is 4.79 Å². The molecule has 6 nitrogen and oxygen atoms in total. The molecule has 1 atom stereocenters. The van der Waals surface area contributed by atoms with E-state index in [9.17, 15) is 13.2 Å². The summed E-state index contributed by atoms with van der Waals surface area (Å²) in [4.78, 5) is 14.7. The van der Waals surface area contributed by atoms with Crippen molar-refractivity contribution in [1.29, 1.82) is 0 Å². The molecule has 1 aliphatic rings. The van der Waals surface area contributed by atoms with Crippen LogP contribution in [-0.2, 0) is 16.4 Å². The molecule has 0 aliphatic carbocycles. The van der Waals surface area contributed by atoms with Crippen molar-refractivity contribution in [2.75, 3.05) is 24.5 Å². The van der Waals surface area contributed by atoms with Gasteiger partial charge in [0.05, 0.1) is 11.4 Å². The molecule has 28 heavy (non-hydrogen) atoms. The molecule has 1 aliphatic heterocycles. The summed E-state index contributed by atoms with van der Waals surface area (Å²) in [7, 11) is -3.66. The van der Waals surface area contributed by atoms with Gasteiger partial charge in [0.2, 0.25) is 10.0 Å². The van der Waals surface area contributed by atoms with Crippen LogP contribution in [0.3, 0.4) is 0 Å². The first kappa shape index (κ1) is 19.9. The van der Waals surface area contributed by atoms with Crippen molar-refractivity contribution in [3.8, 4) is 12.3 Å². The van der Waals surface area contributed by atoms with Crippen LogP contribution >= 0.6 is 0 Å². The summed E-state index contributed by atoms with van der Waals surface area (Å²) in [5.41, 5.74) is 2.96. The number of anilines is 1. The zero-order valence-electron chi connectivity index (χ0n) is 15.7. The minimum atomic E-state index is -3.66. The maximum Gasteiger partial charge on any atom is 0.251 e. The highest BCUT2D eigenvalue weighted by atomic mass is 32.2. The molecule has 2 aromatic carbocycles. The zero-order valence-corrected chi connectivity index (χ0v) is 16.5. The molecule has 3 rings (SSSR count). The number of rotatable bonds is 7. The predicted molar refractivity (Wildman–Crippen MR) is 110 cm³/mol. The van der Waals surface area contributed by atoms with Crippen LogP contribution in [0.15, 0.2) is 53.4 Å². The molecule has 0 fully saturated rings. The van der Waals surface area contributed by atoms with Crippen molar-refractivity contribution in [3.05, 3.63) is 59.7 Å². The quantitative estimate of drug-likeness (QED) is 0.698. The van der Waals surface area contributed by atoms with Crippen molar-refractivity contribution in [2.45, 2.75) is 24.3 Å². The lowest BCUT2D eigenvalue weighted by Crippen LogP contribution is -2.37. The molecule has 0 saturated heterocycles. The van der Waals surface area contributed by atoms with Crippen LogP contribution in [0, 0.1) is 12.3 Å². The highest BCUT2D eigenvalue weighted by molar-refractivity contribution is 7.89. The summed E-state index contributed by atoms with van der Waals surface area (Å²) >= 11 is 0. The van der Waals surface area contributed by atoms with Crippen LogP contribution in [-0.4, -0.2) is 40.0 Å². The number of hydrogen-bond donors (Lipinski definition) is 2. The SMILES string of the molecule is C#CCNS(=O)(=O)c1ccc(C(=O)NCCN2c3ccccc3CC2C)cc1. The smallest absolute Gasteiger partial charge is 0.251 e. The van der Waals surface area contributed by atoms with Gasteiger partial charge < -0.3 is 10.2 Å². The third-order valence-electron chi connectivity index (χ3n) is 4.78. The average Bonchev–Trinajstić information content (AvgIpc) is 3.02. The van der Waals surface area contributed by atoms with E-state index >= 15 is 0 Å². The monoisotopic (exact) mass is 397 g/mol. The minimum Gasteiger partial charge on any atom is -0.367 e. The Morgan fingerprint density at radius 3 is 2.64 bits per heavy atom. The normalized spacial score (nSPS) is 15.7. The second-order valence-corrected chi connectivity index (χ2v) is 8.45. The first-order chi connectivity index (χ1) is 13.4. The molecule has 2 aromatic rings. The van der Waals surface area contributed by atoms with E-state index < -0.39 is 10.0 Å². The number of benzene rings is 2. The molecule has 0 radical (unpaired) electrons. The molecule has 1 unspecified atom stereocenters. The van der Waals surface area contributed by atoms with E-state index in [0.29, 0.717) is 24.7 Å². The number of fused-ring (bicyclic) bond motifs is 1.